The van der Waals surface area contributed by atoms with Gasteiger partial charge in [-0.25, -0.2) is 8.78 Å². The molecule has 0 saturated carbocycles. The zero-order valence-electron chi connectivity index (χ0n) is 10.9. The molecule has 0 aliphatic rings. The van der Waals surface area contributed by atoms with Crippen molar-refractivity contribution in [3.05, 3.63) is 29.3 Å². The predicted molar refractivity (Wildman–Crippen MR) is 68.5 cm³/mol. The fraction of sp³-hybridized carbons (Fsp3) is 0.538. The number of alkyl halides is 1. The summed E-state index contributed by atoms with van der Waals surface area (Å²) in [7, 11) is 0. The predicted octanol–water partition coefficient (Wildman–Crippen LogP) is 4.68. The number of hydrogen-bond donors (Lipinski definition) is 0. The van der Waals surface area contributed by atoms with E-state index in [-0.39, 0.29) is 24.0 Å². The van der Waals surface area contributed by atoms with Crippen LogP contribution >= 0.6 is 15.9 Å². The van der Waals surface area contributed by atoms with Crippen LogP contribution in [0.3, 0.4) is 0 Å². The first kappa shape index (κ1) is 16.3. The molecule has 1 atom stereocenters. The maximum atomic E-state index is 13.4. The molecule has 0 aromatic heterocycles. The van der Waals surface area contributed by atoms with Gasteiger partial charge in [0.05, 0.1) is 6.61 Å². The standard InChI is InChI=1S/C13H15BrF4O/c1-13(2,3)7(5-14)6-19-12-10(17)8(15)4-9(16)11(12)18/h4,7H,5-6H2,1-3H3. The molecule has 1 aromatic rings. The summed E-state index contributed by atoms with van der Waals surface area (Å²) < 4.78 is 57.7. The average molecular weight is 343 g/mol. The first-order valence-electron chi connectivity index (χ1n) is 5.70. The highest BCUT2D eigenvalue weighted by molar-refractivity contribution is 9.09. The Morgan fingerprint density at radius 1 is 1.11 bits per heavy atom. The van der Waals surface area contributed by atoms with E-state index < -0.39 is 29.0 Å². The van der Waals surface area contributed by atoms with Crippen LogP contribution in [0.2, 0.25) is 0 Å². The SMILES string of the molecule is CC(C)(C)C(CBr)COc1c(F)c(F)cc(F)c1F. The summed E-state index contributed by atoms with van der Waals surface area (Å²) in [6.07, 6.45) is 0. The van der Waals surface area contributed by atoms with Crippen LogP contribution in [0.15, 0.2) is 6.07 Å². The Hall–Kier alpha value is -0.780. The number of halogens is 5. The average Bonchev–Trinajstić information content (AvgIpc) is 2.29. The maximum Gasteiger partial charge on any atom is 0.203 e. The monoisotopic (exact) mass is 342 g/mol. The van der Waals surface area contributed by atoms with E-state index >= 15 is 0 Å². The van der Waals surface area contributed by atoms with Crippen LogP contribution in [-0.4, -0.2) is 11.9 Å². The molecule has 0 amide bonds. The quantitative estimate of drug-likeness (QED) is 0.438. The summed E-state index contributed by atoms with van der Waals surface area (Å²) in [6, 6.07) is 0.156. The van der Waals surface area contributed by atoms with Crippen LogP contribution < -0.4 is 4.74 Å². The lowest BCUT2D eigenvalue weighted by atomic mass is 9.83. The van der Waals surface area contributed by atoms with Crippen LogP contribution in [-0.2, 0) is 0 Å². The third-order valence-electron chi connectivity index (χ3n) is 2.91. The van der Waals surface area contributed by atoms with Crippen molar-refractivity contribution in [2.75, 3.05) is 11.9 Å². The smallest absolute Gasteiger partial charge is 0.203 e. The second-order valence-electron chi connectivity index (χ2n) is 5.33. The van der Waals surface area contributed by atoms with Crippen molar-refractivity contribution in [3.8, 4) is 5.75 Å². The van der Waals surface area contributed by atoms with Crippen molar-refractivity contribution in [3.63, 3.8) is 0 Å². The molecule has 0 spiro atoms. The minimum atomic E-state index is -1.51. The lowest BCUT2D eigenvalue weighted by molar-refractivity contribution is 0.154. The normalized spacial score (nSPS) is 13.5. The van der Waals surface area contributed by atoms with Gasteiger partial charge in [0.2, 0.25) is 11.6 Å². The molecule has 1 rings (SSSR count). The van der Waals surface area contributed by atoms with Gasteiger partial charge in [0.1, 0.15) is 0 Å². The minimum Gasteiger partial charge on any atom is -0.487 e. The highest BCUT2D eigenvalue weighted by atomic mass is 79.9. The molecule has 0 fully saturated rings. The van der Waals surface area contributed by atoms with Gasteiger partial charge in [0.15, 0.2) is 17.4 Å². The molecular weight excluding hydrogens is 328 g/mol. The first-order valence-corrected chi connectivity index (χ1v) is 6.82. The van der Waals surface area contributed by atoms with E-state index in [0.717, 1.165) is 0 Å². The van der Waals surface area contributed by atoms with Gasteiger partial charge < -0.3 is 4.74 Å². The van der Waals surface area contributed by atoms with Crippen molar-refractivity contribution in [1.82, 2.24) is 0 Å². The van der Waals surface area contributed by atoms with Crippen molar-refractivity contribution < 1.29 is 22.3 Å². The van der Waals surface area contributed by atoms with Crippen LogP contribution in [0.5, 0.6) is 5.75 Å². The second-order valence-corrected chi connectivity index (χ2v) is 5.97. The Kier molecular flexibility index (Phi) is 5.24. The molecule has 0 N–H and O–H groups in total. The molecule has 0 aliphatic heterocycles. The molecular formula is C13H15BrF4O. The van der Waals surface area contributed by atoms with Crippen molar-refractivity contribution in [2.24, 2.45) is 11.3 Å². The summed E-state index contributed by atoms with van der Waals surface area (Å²) in [5.41, 5.74) is -0.178. The van der Waals surface area contributed by atoms with Crippen molar-refractivity contribution in [1.29, 1.82) is 0 Å². The van der Waals surface area contributed by atoms with Gasteiger partial charge in [0.25, 0.3) is 0 Å². The second kappa shape index (κ2) is 6.11. The molecule has 0 aliphatic carbocycles. The van der Waals surface area contributed by atoms with Crippen LogP contribution in [0.25, 0.3) is 0 Å². The summed E-state index contributed by atoms with van der Waals surface area (Å²) >= 11 is 3.28. The van der Waals surface area contributed by atoms with Gasteiger partial charge in [0, 0.05) is 17.3 Å². The number of rotatable bonds is 4. The summed E-state index contributed by atoms with van der Waals surface area (Å²) in [5.74, 6) is -7.05. The van der Waals surface area contributed by atoms with Crippen LogP contribution in [0.1, 0.15) is 20.8 Å². The molecule has 0 radical (unpaired) electrons. The van der Waals surface area contributed by atoms with Gasteiger partial charge >= 0.3 is 0 Å². The van der Waals surface area contributed by atoms with E-state index in [0.29, 0.717) is 5.33 Å². The Balaban J connectivity index is 2.95. The Morgan fingerprint density at radius 3 is 1.95 bits per heavy atom. The fourth-order valence-electron chi connectivity index (χ4n) is 1.39. The number of ether oxygens (including phenoxy) is 1. The van der Waals surface area contributed by atoms with Gasteiger partial charge in [-0.3, -0.25) is 0 Å². The third kappa shape index (κ3) is 3.84. The highest BCUT2D eigenvalue weighted by Crippen LogP contribution is 2.31. The molecule has 0 bridgehead atoms. The van der Waals surface area contributed by atoms with E-state index in [9.17, 15) is 17.6 Å². The molecule has 0 saturated heterocycles. The molecule has 19 heavy (non-hydrogen) atoms. The molecule has 0 heterocycles. The lowest BCUT2D eigenvalue weighted by Crippen LogP contribution is -2.28. The zero-order chi connectivity index (χ0) is 14.8. The highest BCUT2D eigenvalue weighted by Gasteiger charge is 2.27. The first-order chi connectivity index (χ1) is 8.68. The van der Waals surface area contributed by atoms with E-state index in [1.165, 1.54) is 0 Å². The largest absolute Gasteiger partial charge is 0.487 e. The van der Waals surface area contributed by atoms with E-state index in [1.807, 2.05) is 20.8 Å². The molecule has 1 aromatic carbocycles. The van der Waals surface area contributed by atoms with Gasteiger partial charge in [-0.05, 0) is 5.41 Å². The van der Waals surface area contributed by atoms with E-state index in [4.69, 9.17) is 4.74 Å². The molecule has 108 valence electrons. The van der Waals surface area contributed by atoms with Crippen LogP contribution in [0.4, 0.5) is 17.6 Å². The fourth-order valence-corrected chi connectivity index (χ4v) is 2.55. The summed E-state index contributed by atoms with van der Waals surface area (Å²) in [4.78, 5) is 0. The lowest BCUT2D eigenvalue weighted by Gasteiger charge is -2.29. The molecule has 6 heteroatoms. The van der Waals surface area contributed by atoms with E-state index in [1.54, 1.807) is 0 Å². The summed E-state index contributed by atoms with van der Waals surface area (Å²) in [6.45, 7) is 5.75. The number of hydrogen-bond acceptors (Lipinski definition) is 1. The van der Waals surface area contributed by atoms with E-state index in [2.05, 4.69) is 15.9 Å². The van der Waals surface area contributed by atoms with Gasteiger partial charge in [-0.15, -0.1) is 0 Å². The van der Waals surface area contributed by atoms with Crippen molar-refractivity contribution >= 4 is 15.9 Å². The van der Waals surface area contributed by atoms with Gasteiger partial charge in [-0.1, -0.05) is 36.7 Å². The topological polar surface area (TPSA) is 9.23 Å². The Labute approximate surface area is 118 Å². The Bertz CT molecular complexity index is 431. The molecule has 1 unspecified atom stereocenters. The van der Waals surface area contributed by atoms with Crippen molar-refractivity contribution in [2.45, 2.75) is 20.8 Å². The zero-order valence-corrected chi connectivity index (χ0v) is 12.5. The van der Waals surface area contributed by atoms with Gasteiger partial charge in [-0.2, -0.15) is 8.78 Å². The number of benzene rings is 1. The molecule has 1 nitrogen and oxygen atoms in total. The maximum absolute atomic E-state index is 13.4. The summed E-state index contributed by atoms with van der Waals surface area (Å²) in [5, 5.41) is 0.539. The Morgan fingerprint density at radius 2 is 1.58 bits per heavy atom. The minimum absolute atomic E-state index is 0.0501. The van der Waals surface area contributed by atoms with Crippen LogP contribution in [0, 0.1) is 34.6 Å². The third-order valence-corrected chi connectivity index (χ3v) is 3.69.